The second-order valence-electron chi connectivity index (χ2n) is 11.5. The van der Waals surface area contributed by atoms with Crippen LogP contribution < -0.4 is 16.4 Å². The van der Waals surface area contributed by atoms with Crippen molar-refractivity contribution in [3.63, 3.8) is 0 Å². The van der Waals surface area contributed by atoms with Crippen molar-refractivity contribution in [2.75, 3.05) is 30.3 Å². The van der Waals surface area contributed by atoms with E-state index >= 15 is 0 Å². The van der Waals surface area contributed by atoms with E-state index in [1.807, 2.05) is 24.3 Å². The van der Waals surface area contributed by atoms with E-state index in [2.05, 4.69) is 49.5 Å². The SMILES string of the molecule is CC(C)N(CCCN(C(N)=O)c1ccc(C(C)(C)C)cc1)C[C@H]1O[C@@H](n2ccc3c(N)ncnc32)[C@H](O)[C@@H]1O.Cl. The minimum absolute atomic E-state index is 0. The maximum atomic E-state index is 12.2. The molecule has 220 valence electrons. The van der Waals surface area contributed by atoms with Gasteiger partial charge >= 0.3 is 6.03 Å². The molecule has 11 nitrogen and oxygen atoms in total. The van der Waals surface area contributed by atoms with Gasteiger partial charge in [-0.15, -0.1) is 12.4 Å². The number of amides is 2. The predicted octanol–water partition coefficient (Wildman–Crippen LogP) is 3.04. The maximum absolute atomic E-state index is 12.2. The summed E-state index contributed by atoms with van der Waals surface area (Å²) in [6.07, 6.45) is 0.0842. The zero-order valence-electron chi connectivity index (χ0n) is 23.8. The van der Waals surface area contributed by atoms with E-state index in [1.165, 1.54) is 11.9 Å². The minimum Gasteiger partial charge on any atom is -0.387 e. The molecule has 0 saturated carbocycles. The van der Waals surface area contributed by atoms with E-state index in [0.29, 0.717) is 42.9 Å². The van der Waals surface area contributed by atoms with E-state index in [1.54, 1.807) is 21.7 Å². The summed E-state index contributed by atoms with van der Waals surface area (Å²) in [6.45, 7) is 12.0. The fraction of sp³-hybridized carbons (Fsp3) is 0.536. The highest BCUT2D eigenvalue weighted by atomic mass is 35.5. The van der Waals surface area contributed by atoms with Crippen LogP contribution >= 0.6 is 12.4 Å². The Morgan fingerprint density at radius 3 is 2.38 bits per heavy atom. The fourth-order valence-electron chi connectivity index (χ4n) is 5.04. The highest BCUT2D eigenvalue weighted by molar-refractivity contribution is 5.90. The van der Waals surface area contributed by atoms with Gasteiger partial charge in [0.15, 0.2) is 6.23 Å². The Morgan fingerprint density at radius 1 is 1.10 bits per heavy atom. The minimum atomic E-state index is -1.14. The van der Waals surface area contributed by atoms with Crippen molar-refractivity contribution in [1.29, 1.82) is 0 Å². The average molecular weight is 576 g/mol. The van der Waals surface area contributed by atoms with Gasteiger partial charge in [0.25, 0.3) is 0 Å². The summed E-state index contributed by atoms with van der Waals surface area (Å²) < 4.78 is 7.85. The molecule has 1 saturated heterocycles. The molecule has 2 aromatic heterocycles. The molecule has 0 aliphatic carbocycles. The topological polar surface area (TPSA) is 156 Å². The predicted molar refractivity (Wildman–Crippen MR) is 159 cm³/mol. The normalized spacial score (nSPS) is 21.2. The number of fused-ring (bicyclic) bond motifs is 1. The number of aliphatic hydroxyl groups is 2. The number of nitrogen functional groups attached to an aromatic ring is 1. The number of hydrogen-bond donors (Lipinski definition) is 4. The number of aliphatic hydroxyl groups excluding tert-OH is 2. The Balaban J connectivity index is 0.00000441. The third-order valence-corrected chi connectivity index (χ3v) is 7.43. The van der Waals surface area contributed by atoms with Crippen molar-refractivity contribution in [2.24, 2.45) is 5.73 Å². The number of aromatic nitrogens is 3. The first-order chi connectivity index (χ1) is 18.4. The molecular weight excluding hydrogens is 534 g/mol. The first kappa shape index (κ1) is 31.6. The van der Waals surface area contributed by atoms with Gasteiger partial charge in [0.2, 0.25) is 0 Å². The van der Waals surface area contributed by atoms with Crippen LogP contribution in [0.1, 0.15) is 52.8 Å². The lowest BCUT2D eigenvalue weighted by atomic mass is 9.87. The van der Waals surface area contributed by atoms with Gasteiger partial charge in [-0.3, -0.25) is 9.80 Å². The first-order valence-corrected chi connectivity index (χ1v) is 13.4. The zero-order valence-corrected chi connectivity index (χ0v) is 24.6. The van der Waals surface area contributed by atoms with Crippen LogP contribution in [0.15, 0.2) is 42.9 Å². The van der Waals surface area contributed by atoms with Crippen molar-refractivity contribution in [1.82, 2.24) is 19.4 Å². The van der Waals surface area contributed by atoms with Gasteiger partial charge in [-0.05, 0) is 49.4 Å². The smallest absolute Gasteiger partial charge is 0.319 e. The quantitative estimate of drug-likeness (QED) is 0.303. The van der Waals surface area contributed by atoms with Crippen LogP contribution in [-0.4, -0.2) is 79.7 Å². The summed E-state index contributed by atoms with van der Waals surface area (Å²) >= 11 is 0. The van der Waals surface area contributed by atoms with E-state index in [9.17, 15) is 15.0 Å². The van der Waals surface area contributed by atoms with Gasteiger partial charge in [-0.25, -0.2) is 14.8 Å². The number of nitrogens with zero attached hydrogens (tertiary/aromatic N) is 5. The molecule has 4 rings (SSSR count). The van der Waals surface area contributed by atoms with Crippen LogP contribution in [0.25, 0.3) is 11.0 Å². The Morgan fingerprint density at radius 2 is 1.77 bits per heavy atom. The number of urea groups is 1. The van der Waals surface area contributed by atoms with Gasteiger partial charge in [-0.1, -0.05) is 32.9 Å². The molecule has 0 radical (unpaired) electrons. The van der Waals surface area contributed by atoms with Gasteiger partial charge in [-0.2, -0.15) is 0 Å². The Hall–Kier alpha value is -2.96. The monoisotopic (exact) mass is 575 g/mol. The molecule has 3 heterocycles. The fourth-order valence-corrected chi connectivity index (χ4v) is 5.04. The van der Waals surface area contributed by atoms with Crippen LogP contribution in [0.3, 0.4) is 0 Å². The number of hydrogen-bond acceptors (Lipinski definition) is 8. The van der Waals surface area contributed by atoms with Gasteiger partial charge in [0, 0.05) is 37.6 Å². The number of halogens is 1. The lowest BCUT2D eigenvalue weighted by Gasteiger charge is -2.31. The van der Waals surface area contributed by atoms with Gasteiger partial charge < -0.3 is 31.0 Å². The number of carbonyl (C=O) groups excluding carboxylic acids is 1. The molecule has 12 heteroatoms. The summed E-state index contributed by atoms with van der Waals surface area (Å²) in [6, 6.07) is 9.32. The van der Waals surface area contributed by atoms with Crippen LogP contribution in [0.5, 0.6) is 0 Å². The van der Waals surface area contributed by atoms with Crippen molar-refractivity contribution >= 4 is 41.0 Å². The van der Waals surface area contributed by atoms with E-state index in [0.717, 1.165) is 5.69 Å². The van der Waals surface area contributed by atoms with E-state index < -0.39 is 30.6 Å². The van der Waals surface area contributed by atoms with E-state index in [-0.39, 0.29) is 23.9 Å². The number of carbonyl (C=O) groups is 1. The number of primary amides is 1. The third-order valence-electron chi connectivity index (χ3n) is 7.43. The molecule has 40 heavy (non-hydrogen) atoms. The average Bonchev–Trinajstić information content (AvgIpc) is 3.42. The summed E-state index contributed by atoms with van der Waals surface area (Å²) in [4.78, 5) is 24.3. The molecule has 6 N–H and O–H groups in total. The van der Waals surface area contributed by atoms with Crippen LogP contribution in [-0.2, 0) is 10.2 Å². The van der Waals surface area contributed by atoms with Crippen molar-refractivity contribution in [2.45, 2.75) is 77.0 Å². The standard InChI is InChI=1S/C28H41N7O4.ClH/c1-17(2)33(12-6-13-34(27(30)38)19-9-7-18(8-10-19)28(3,4)5)15-21-22(36)23(37)26(39-21)35-14-11-20-24(29)31-16-32-25(20)35;/h7-11,14,16-17,21-23,26,36-37H,6,12-13,15H2,1-5H3,(H2,30,38)(H2,29,31,32);1H/t21-,22-,23-,26-;/m1./s1. The summed E-state index contributed by atoms with van der Waals surface area (Å²) in [7, 11) is 0. The molecule has 1 aliphatic heterocycles. The molecule has 3 aromatic rings. The Bertz CT molecular complexity index is 1280. The molecule has 0 spiro atoms. The summed E-state index contributed by atoms with van der Waals surface area (Å²) in [5.74, 6) is 0.337. The van der Waals surface area contributed by atoms with Gasteiger partial charge in [0.05, 0.1) is 5.39 Å². The largest absolute Gasteiger partial charge is 0.387 e. The number of nitrogens with two attached hydrogens (primary N) is 2. The number of rotatable bonds is 9. The molecule has 1 fully saturated rings. The Kier molecular flexibility index (Phi) is 10.0. The van der Waals surface area contributed by atoms with Crippen molar-refractivity contribution < 1.29 is 19.7 Å². The molecule has 4 atom stereocenters. The first-order valence-electron chi connectivity index (χ1n) is 13.4. The van der Waals surface area contributed by atoms with Crippen LogP contribution in [0.2, 0.25) is 0 Å². The molecule has 1 aromatic carbocycles. The van der Waals surface area contributed by atoms with Crippen molar-refractivity contribution in [3.8, 4) is 0 Å². The number of ether oxygens (including phenoxy) is 1. The van der Waals surface area contributed by atoms with Gasteiger partial charge in [0.1, 0.15) is 36.1 Å². The molecule has 2 amide bonds. The second-order valence-corrected chi connectivity index (χ2v) is 11.5. The highest BCUT2D eigenvalue weighted by Crippen LogP contribution is 2.33. The summed E-state index contributed by atoms with van der Waals surface area (Å²) in [5, 5.41) is 22.4. The van der Waals surface area contributed by atoms with E-state index in [4.69, 9.17) is 16.2 Å². The Labute approximate surface area is 241 Å². The lowest BCUT2D eigenvalue weighted by Crippen LogP contribution is -2.44. The van der Waals surface area contributed by atoms with Crippen LogP contribution in [0, 0.1) is 0 Å². The zero-order chi connectivity index (χ0) is 28.5. The molecular formula is C28H42ClN7O4. The highest BCUT2D eigenvalue weighted by Gasteiger charge is 2.44. The van der Waals surface area contributed by atoms with Crippen LogP contribution in [0.4, 0.5) is 16.3 Å². The maximum Gasteiger partial charge on any atom is 0.319 e. The number of anilines is 2. The molecule has 1 aliphatic rings. The van der Waals surface area contributed by atoms with Crippen molar-refractivity contribution in [3.05, 3.63) is 48.4 Å². The lowest BCUT2D eigenvalue weighted by molar-refractivity contribution is -0.0465. The molecule has 0 bridgehead atoms. The molecule has 0 unspecified atom stereocenters. The second kappa shape index (κ2) is 12.7. The third kappa shape index (κ3) is 6.67. The number of benzene rings is 1. The summed E-state index contributed by atoms with van der Waals surface area (Å²) in [5.41, 5.74) is 14.2.